The van der Waals surface area contributed by atoms with Gasteiger partial charge in [0, 0.05) is 24.8 Å². The lowest BCUT2D eigenvalue weighted by molar-refractivity contribution is -0.0246. The third kappa shape index (κ3) is 3.45. The Balaban J connectivity index is 1.57. The van der Waals surface area contributed by atoms with Gasteiger partial charge in [0.1, 0.15) is 6.04 Å². The SMILES string of the molecule is Cc1cccnc1CN1CCOC[C@@H]1c1nc(-c2ccccc2)no1. The molecule has 1 aliphatic heterocycles. The topological polar surface area (TPSA) is 64.3 Å². The molecule has 6 heteroatoms. The van der Waals surface area contributed by atoms with E-state index < -0.39 is 0 Å². The molecular weight excluding hydrogens is 316 g/mol. The quantitative estimate of drug-likeness (QED) is 0.730. The molecule has 0 saturated carbocycles. The van der Waals surface area contributed by atoms with Crippen molar-refractivity contribution < 1.29 is 9.26 Å². The Morgan fingerprint density at radius 1 is 1.16 bits per heavy atom. The molecule has 128 valence electrons. The fraction of sp³-hybridized carbons (Fsp3) is 0.316. The lowest BCUT2D eigenvalue weighted by Crippen LogP contribution is -2.39. The van der Waals surface area contributed by atoms with Gasteiger partial charge < -0.3 is 9.26 Å². The Kier molecular flexibility index (Phi) is 4.54. The molecule has 0 unspecified atom stereocenters. The summed E-state index contributed by atoms with van der Waals surface area (Å²) in [7, 11) is 0. The predicted octanol–water partition coefficient (Wildman–Crippen LogP) is 3.01. The Morgan fingerprint density at radius 3 is 2.88 bits per heavy atom. The fourth-order valence-electron chi connectivity index (χ4n) is 3.01. The van der Waals surface area contributed by atoms with Crippen LogP contribution in [-0.2, 0) is 11.3 Å². The summed E-state index contributed by atoms with van der Waals surface area (Å²) >= 11 is 0. The molecule has 0 amide bonds. The van der Waals surface area contributed by atoms with Crippen LogP contribution in [0.4, 0.5) is 0 Å². The van der Waals surface area contributed by atoms with Gasteiger partial charge in [-0.15, -0.1) is 0 Å². The smallest absolute Gasteiger partial charge is 0.246 e. The molecule has 1 aliphatic rings. The summed E-state index contributed by atoms with van der Waals surface area (Å²) < 4.78 is 11.2. The van der Waals surface area contributed by atoms with Crippen molar-refractivity contribution in [2.75, 3.05) is 19.8 Å². The molecule has 1 saturated heterocycles. The second-order valence-electron chi connectivity index (χ2n) is 6.15. The van der Waals surface area contributed by atoms with Crippen molar-refractivity contribution in [2.45, 2.75) is 19.5 Å². The van der Waals surface area contributed by atoms with Crippen LogP contribution in [0.3, 0.4) is 0 Å². The van der Waals surface area contributed by atoms with E-state index >= 15 is 0 Å². The summed E-state index contributed by atoms with van der Waals surface area (Å²) in [6.07, 6.45) is 1.83. The van der Waals surface area contributed by atoms with Crippen LogP contribution in [0.2, 0.25) is 0 Å². The highest BCUT2D eigenvalue weighted by molar-refractivity contribution is 5.53. The molecule has 0 bridgehead atoms. The zero-order valence-corrected chi connectivity index (χ0v) is 14.1. The van der Waals surface area contributed by atoms with E-state index in [1.807, 2.05) is 42.6 Å². The van der Waals surface area contributed by atoms with Gasteiger partial charge in [-0.1, -0.05) is 41.6 Å². The monoisotopic (exact) mass is 336 g/mol. The van der Waals surface area contributed by atoms with E-state index in [0.29, 0.717) is 24.9 Å². The number of aryl methyl sites for hydroxylation is 1. The number of pyridine rings is 1. The Morgan fingerprint density at radius 2 is 2.04 bits per heavy atom. The first-order valence-corrected chi connectivity index (χ1v) is 8.42. The maximum absolute atomic E-state index is 5.66. The van der Waals surface area contributed by atoms with E-state index in [9.17, 15) is 0 Å². The minimum absolute atomic E-state index is 0.0554. The van der Waals surface area contributed by atoms with E-state index in [1.54, 1.807) is 0 Å². The van der Waals surface area contributed by atoms with Crippen LogP contribution in [0.1, 0.15) is 23.2 Å². The molecule has 1 aromatic carbocycles. The maximum atomic E-state index is 5.66. The van der Waals surface area contributed by atoms with Crippen LogP contribution < -0.4 is 0 Å². The first kappa shape index (κ1) is 15.9. The third-order valence-corrected chi connectivity index (χ3v) is 4.47. The number of rotatable bonds is 4. The predicted molar refractivity (Wildman–Crippen MR) is 92.7 cm³/mol. The fourth-order valence-corrected chi connectivity index (χ4v) is 3.01. The number of benzene rings is 1. The van der Waals surface area contributed by atoms with Crippen LogP contribution in [0.15, 0.2) is 53.2 Å². The minimum atomic E-state index is -0.0554. The summed E-state index contributed by atoms with van der Waals surface area (Å²) in [5, 5.41) is 4.14. The summed E-state index contributed by atoms with van der Waals surface area (Å²) in [6, 6.07) is 13.8. The molecule has 1 fully saturated rings. The molecule has 2 aromatic heterocycles. The van der Waals surface area contributed by atoms with Crippen molar-refractivity contribution in [3.63, 3.8) is 0 Å². The lowest BCUT2D eigenvalue weighted by Gasteiger charge is -2.33. The normalized spacial score (nSPS) is 18.4. The van der Waals surface area contributed by atoms with Gasteiger partial charge in [-0.2, -0.15) is 4.98 Å². The van der Waals surface area contributed by atoms with Gasteiger partial charge in [-0.3, -0.25) is 9.88 Å². The average Bonchev–Trinajstić information content (AvgIpc) is 3.15. The zero-order valence-electron chi connectivity index (χ0n) is 14.1. The van der Waals surface area contributed by atoms with E-state index in [1.165, 1.54) is 5.56 Å². The molecule has 0 N–H and O–H groups in total. The van der Waals surface area contributed by atoms with Crippen LogP contribution in [0.25, 0.3) is 11.4 Å². The second-order valence-corrected chi connectivity index (χ2v) is 6.15. The Labute approximate surface area is 146 Å². The maximum Gasteiger partial charge on any atom is 0.246 e. The summed E-state index contributed by atoms with van der Waals surface area (Å²) in [5.41, 5.74) is 3.20. The van der Waals surface area contributed by atoms with Crippen molar-refractivity contribution in [2.24, 2.45) is 0 Å². The van der Waals surface area contributed by atoms with Gasteiger partial charge in [-0.25, -0.2) is 0 Å². The number of nitrogens with zero attached hydrogens (tertiary/aromatic N) is 4. The zero-order chi connectivity index (χ0) is 17.1. The molecule has 1 atom stereocenters. The number of hydrogen-bond donors (Lipinski definition) is 0. The molecule has 4 rings (SSSR count). The van der Waals surface area contributed by atoms with E-state index in [0.717, 1.165) is 24.3 Å². The minimum Gasteiger partial charge on any atom is -0.378 e. The highest BCUT2D eigenvalue weighted by Crippen LogP contribution is 2.27. The van der Waals surface area contributed by atoms with Crippen LogP contribution in [-0.4, -0.2) is 39.8 Å². The molecule has 3 aromatic rings. The van der Waals surface area contributed by atoms with Gasteiger partial charge in [0.05, 0.1) is 18.9 Å². The highest BCUT2D eigenvalue weighted by Gasteiger charge is 2.30. The number of hydrogen-bond acceptors (Lipinski definition) is 6. The first-order valence-electron chi connectivity index (χ1n) is 8.42. The number of morpholine rings is 1. The van der Waals surface area contributed by atoms with E-state index in [-0.39, 0.29) is 6.04 Å². The summed E-state index contributed by atoms with van der Waals surface area (Å²) in [6.45, 7) is 4.87. The highest BCUT2D eigenvalue weighted by atomic mass is 16.5. The van der Waals surface area contributed by atoms with Crippen LogP contribution in [0.5, 0.6) is 0 Å². The van der Waals surface area contributed by atoms with Crippen molar-refractivity contribution >= 4 is 0 Å². The standard InChI is InChI=1S/C19H20N4O2/c1-14-6-5-9-20-16(14)12-23-10-11-24-13-17(23)19-21-18(22-25-19)15-7-3-2-4-8-15/h2-9,17H,10-13H2,1H3/t17-/m1/s1. The Hall–Kier alpha value is -2.57. The van der Waals surface area contributed by atoms with Crippen LogP contribution in [0, 0.1) is 6.92 Å². The second kappa shape index (κ2) is 7.13. The molecule has 0 aliphatic carbocycles. The lowest BCUT2D eigenvalue weighted by atomic mass is 10.1. The molecule has 6 nitrogen and oxygen atoms in total. The molecule has 3 heterocycles. The number of aromatic nitrogens is 3. The summed E-state index contributed by atoms with van der Waals surface area (Å²) in [4.78, 5) is 11.4. The van der Waals surface area contributed by atoms with Gasteiger partial charge in [0.25, 0.3) is 0 Å². The van der Waals surface area contributed by atoms with E-state index in [4.69, 9.17) is 9.26 Å². The van der Waals surface area contributed by atoms with Crippen molar-refractivity contribution in [1.29, 1.82) is 0 Å². The third-order valence-electron chi connectivity index (χ3n) is 4.47. The Bertz CT molecular complexity index is 834. The number of ether oxygens (including phenoxy) is 1. The molecule has 0 radical (unpaired) electrons. The van der Waals surface area contributed by atoms with Crippen LogP contribution >= 0.6 is 0 Å². The van der Waals surface area contributed by atoms with E-state index in [2.05, 4.69) is 33.0 Å². The van der Waals surface area contributed by atoms with Crippen molar-refractivity contribution in [3.05, 3.63) is 65.8 Å². The largest absolute Gasteiger partial charge is 0.378 e. The van der Waals surface area contributed by atoms with Gasteiger partial charge in [0.15, 0.2) is 0 Å². The summed E-state index contributed by atoms with van der Waals surface area (Å²) in [5.74, 6) is 1.20. The molecule has 25 heavy (non-hydrogen) atoms. The molecular formula is C19H20N4O2. The first-order chi connectivity index (χ1) is 12.3. The van der Waals surface area contributed by atoms with Gasteiger partial charge >= 0.3 is 0 Å². The van der Waals surface area contributed by atoms with Crippen molar-refractivity contribution in [1.82, 2.24) is 20.0 Å². The molecule has 0 spiro atoms. The van der Waals surface area contributed by atoms with Crippen molar-refractivity contribution in [3.8, 4) is 11.4 Å². The van der Waals surface area contributed by atoms with Gasteiger partial charge in [0.2, 0.25) is 11.7 Å². The average molecular weight is 336 g/mol. The van der Waals surface area contributed by atoms with Gasteiger partial charge in [-0.05, 0) is 18.6 Å².